The van der Waals surface area contributed by atoms with E-state index in [1.54, 1.807) is 0 Å². The van der Waals surface area contributed by atoms with E-state index in [0.717, 1.165) is 32.7 Å². The third kappa shape index (κ3) is 2.83. The van der Waals surface area contributed by atoms with E-state index in [-0.39, 0.29) is 5.41 Å². The average Bonchev–Trinajstić information content (AvgIpc) is 3.10. The van der Waals surface area contributed by atoms with Gasteiger partial charge in [-0.15, -0.1) is 0 Å². The maximum absolute atomic E-state index is 5.99. The van der Waals surface area contributed by atoms with E-state index in [4.69, 9.17) is 10.5 Å². The van der Waals surface area contributed by atoms with Gasteiger partial charge in [-0.2, -0.15) is 0 Å². The zero-order valence-electron chi connectivity index (χ0n) is 11.6. The van der Waals surface area contributed by atoms with E-state index in [1.165, 1.54) is 25.1 Å². The highest BCUT2D eigenvalue weighted by Crippen LogP contribution is 2.33. The van der Waals surface area contributed by atoms with Crippen LogP contribution >= 0.6 is 0 Å². The number of nitrogens with zero attached hydrogens (tertiary/aromatic N) is 1. The molecule has 104 valence electrons. The van der Waals surface area contributed by atoms with Gasteiger partial charge in [0, 0.05) is 31.7 Å². The summed E-state index contributed by atoms with van der Waals surface area (Å²) in [4.78, 5) is 2.58. The fourth-order valence-corrected chi connectivity index (χ4v) is 3.45. The van der Waals surface area contributed by atoms with Gasteiger partial charge in [0.2, 0.25) is 0 Å². The fourth-order valence-electron chi connectivity index (χ4n) is 3.45. The van der Waals surface area contributed by atoms with Gasteiger partial charge in [-0.1, -0.05) is 30.3 Å². The highest BCUT2D eigenvalue weighted by Gasteiger charge is 2.37. The second kappa shape index (κ2) is 5.61. The van der Waals surface area contributed by atoms with E-state index < -0.39 is 0 Å². The maximum atomic E-state index is 5.99. The van der Waals surface area contributed by atoms with E-state index in [2.05, 4.69) is 35.2 Å². The van der Waals surface area contributed by atoms with Crippen LogP contribution in [-0.2, 0) is 4.74 Å². The molecule has 2 N–H and O–H groups in total. The SMILES string of the molecule is NCC1(CN2CCC(c3ccccc3)C2)CCOC1. The molecule has 0 bridgehead atoms. The molecule has 0 aliphatic carbocycles. The van der Waals surface area contributed by atoms with Gasteiger partial charge < -0.3 is 15.4 Å². The second-order valence-corrected chi connectivity index (χ2v) is 6.14. The molecule has 0 saturated carbocycles. The molecule has 1 aromatic rings. The molecule has 2 saturated heterocycles. The summed E-state index contributed by atoms with van der Waals surface area (Å²) in [7, 11) is 0. The molecule has 3 heteroatoms. The van der Waals surface area contributed by atoms with Crippen molar-refractivity contribution in [2.45, 2.75) is 18.8 Å². The minimum absolute atomic E-state index is 0.214. The first-order valence-electron chi connectivity index (χ1n) is 7.36. The summed E-state index contributed by atoms with van der Waals surface area (Å²) in [5, 5.41) is 0. The number of likely N-dealkylation sites (tertiary alicyclic amines) is 1. The maximum Gasteiger partial charge on any atom is 0.0547 e. The van der Waals surface area contributed by atoms with Crippen molar-refractivity contribution < 1.29 is 4.74 Å². The molecule has 2 unspecified atom stereocenters. The van der Waals surface area contributed by atoms with Crippen molar-refractivity contribution in [2.24, 2.45) is 11.1 Å². The van der Waals surface area contributed by atoms with Crippen molar-refractivity contribution in [3.05, 3.63) is 35.9 Å². The number of rotatable bonds is 4. The minimum Gasteiger partial charge on any atom is -0.381 e. The van der Waals surface area contributed by atoms with Crippen molar-refractivity contribution in [2.75, 3.05) is 39.4 Å². The Labute approximate surface area is 115 Å². The minimum atomic E-state index is 0.214. The summed E-state index contributed by atoms with van der Waals surface area (Å²) in [5.41, 5.74) is 7.68. The zero-order valence-corrected chi connectivity index (χ0v) is 11.6. The summed E-state index contributed by atoms with van der Waals surface area (Å²) in [6, 6.07) is 10.9. The molecule has 0 aromatic heterocycles. The van der Waals surface area contributed by atoms with Crippen LogP contribution in [0.2, 0.25) is 0 Å². The molecule has 2 atom stereocenters. The standard InChI is InChI=1S/C16H24N2O/c17-11-16(7-9-19-13-16)12-18-8-6-15(10-18)14-4-2-1-3-5-14/h1-5,15H,6-13,17H2. The molecular weight excluding hydrogens is 236 g/mol. The summed E-state index contributed by atoms with van der Waals surface area (Å²) in [6.07, 6.45) is 2.39. The van der Waals surface area contributed by atoms with Crippen molar-refractivity contribution in [1.29, 1.82) is 0 Å². The average molecular weight is 260 g/mol. The molecule has 0 radical (unpaired) electrons. The lowest BCUT2D eigenvalue weighted by molar-refractivity contribution is 0.124. The Morgan fingerprint density at radius 2 is 2.16 bits per heavy atom. The van der Waals surface area contributed by atoms with Crippen molar-refractivity contribution >= 4 is 0 Å². The van der Waals surface area contributed by atoms with Gasteiger partial charge in [0.25, 0.3) is 0 Å². The van der Waals surface area contributed by atoms with Gasteiger partial charge in [-0.25, -0.2) is 0 Å². The van der Waals surface area contributed by atoms with Crippen LogP contribution in [0, 0.1) is 5.41 Å². The topological polar surface area (TPSA) is 38.5 Å². The monoisotopic (exact) mass is 260 g/mol. The molecule has 2 heterocycles. The summed E-state index contributed by atoms with van der Waals surface area (Å²) in [6.45, 7) is 5.95. The van der Waals surface area contributed by atoms with Crippen LogP contribution in [0.5, 0.6) is 0 Å². The third-order valence-corrected chi connectivity index (χ3v) is 4.72. The van der Waals surface area contributed by atoms with Gasteiger partial charge in [0.1, 0.15) is 0 Å². The smallest absolute Gasteiger partial charge is 0.0547 e. The van der Waals surface area contributed by atoms with Crippen LogP contribution < -0.4 is 5.73 Å². The van der Waals surface area contributed by atoms with Crippen LogP contribution in [0.25, 0.3) is 0 Å². The van der Waals surface area contributed by atoms with E-state index in [1.807, 2.05) is 0 Å². The van der Waals surface area contributed by atoms with Gasteiger partial charge in [-0.05, 0) is 30.9 Å². The van der Waals surface area contributed by atoms with Crippen molar-refractivity contribution in [1.82, 2.24) is 4.90 Å². The van der Waals surface area contributed by atoms with Crippen LogP contribution in [0.15, 0.2) is 30.3 Å². The largest absolute Gasteiger partial charge is 0.381 e. The fraction of sp³-hybridized carbons (Fsp3) is 0.625. The van der Waals surface area contributed by atoms with Gasteiger partial charge in [-0.3, -0.25) is 0 Å². The van der Waals surface area contributed by atoms with Crippen LogP contribution in [0.3, 0.4) is 0 Å². The molecule has 3 rings (SSSR count). The molecule has 2 aliphatic rings. The predicted molar refractivity (Wildman–Crippen MR) is 77.2 cm³/mol. The molecule has 3 nitrogen and oxygen atoms in total. The number of hydrogen-bond acceptors (Lipinski definition) is 3. The van der Waals surface area contributed by atoms with E-state index in [9.17, 15) is 0 Å². The lowest BCUT2D eigenvalue weighted by atomic mass is 9.87. The summed E-state index contributed by atoms with van der Waals surface area (Å²) in [5.74, 6) is 0.693. The Morgan fingerprint density at radius 3 is 2.84 bits per heavy atom. The quantitative estimate of drug-likeness (QED) is 0.898. The highest BCUT2D eigenvalue weighted by atomic mass is 16.5. The molecule has 2 aliphatic heterocycles. The van der Waals surface area contributed by atoms with Crippen molar-refractivity contribution in [3.8, 4) is 0 Å². The van der Waals surface area contributed by atoms with Crippen LogP contribution in [0.1, 0.15) is 24.3 Å². The molecule has 19 heavy (non-hydrogen) atoms. The molecular formula is C16H24N2O. The number of hydrogen-bond donors (Lipinski definition) is 1. The highest BCUT2D eigenvalue weighted by molar-refractivity contribution is 5.21. The Morgan fingerprint density at radius 1 is 1.32 bits per heavy atom. The Balaban J connectivity index is 1.60. The Bertz CT molecular complexity index is 400. The van der Waals surface area contributed by atoms with Crippen LogP contribution in [-0.4, -0.2) is 44.3 Å². The normalized spacial score (nSPS) is 31.9. The predicted octanol–water partition coefficient (Wildman–Crippen LogP) is 1.84. The number of ether oxygens (including phenoxy) is 1. The first-order valence-corrected chi connectivity index (χ1v) is 7.36. The molecule has 0 amide bonds. The molecule has 0 spiro atoms. The Hall–Kier alpha value is -0.900. The Kier molecular flexibility index (Phi) is 3.87. The first kappa shape index (κ1) is 13.1. The lowest BCUT2D eigenvalue weighted by Crippen LogP contribution is -2.42. The lowest BCUT2D eigenvalue weighted by Gasteiger charge is -2.31. The molecule has 1 aromatic carbocycles. The number of nitrogens with two attached hydrogens (primary N) is 1. The summed E-state index contributed by atoms with van der Waals surface area (Å²) >= 11 is 0. The first-order chi connectivity index (χ1) is 9.31. The number of benzene rings is 1. The van der Waals surface area contributed by atoms with Gasteiger partial charge >= 0.3 is 0 Å². The van der Waals surface area contributed by atoms with Crippen LogP contribution in [0.4, 0.5) is 0 Å². The van der Waals surface area contributed by atoms with E-state index in [0.29, 0.717) is 5.92 Å². The van der Waals surface area contributed by atoms with Gasteiger partial charge in [0.15, 0.2) is 0 Å². The molecule has 2 fully saturated rings. The van der Waals surface area contributed by atoms with Gasteiger partial charge in [0.05, 0.1) is 6.61 Å². The zero-order chi connectivity index (χ0) is 13.1. The summed E-state index contributed by atoms with van der Waals surface area (Å²) < 4.78 is 5.57. The van der Waals surface area contributed by atoms with Crippen molar-refractivity contribution in [3.63, 3.8) is 0 Å². The second-order valence-electron chi connectivity index (χ2n) is 6.14. The third-order valence-electron chi connectivity index (χ3n) is 4.72. The van der Waals surface area contributed by atoms with E-state index >= 15 is 0 Å².